The highest BCUT2D eigenvalue weighted by Crippen LogP contribution is 2.29. The number of amides is 1. The van der Waals surface area contributed by atoms with Gasteiger partial charge in [0.15, 0.2) is 5.13 Å². The van der Waals surface area contributed by atoms with E-state index in [2.05, 4.69) is 48.4 Å². The van der Waals surface area contributed by atoms with Crippen LogP contribution < -0.4 is 10.1 Å². The summed E-state index contributed by atoms with van der Waals surface area (Å²) in [5.74, 6) is 0.628. The van der Waals surface area contributed by atoms with Gasteiger partial charge in [0.2, 0.25) is 0 Å². The molecule has 29 heavy (non-hydrogen) atoms. The Kier molecular flexibility index (Phi) is 6.62. The molecule has 0 bridgehead atoms. The molecule has 0 unspecified atom stereocenters. The molecular formula is C24H24N2O2S. The van der Waals surface area contributed by atoms with E-state index in [1.165, 1.54) is 22.5 Å². The van der Waals surface area contributed by atoms with Crippen molar-refractivity contribution in [1.82, 2.24) is 4.98 Å². The van der Waals surface area contributed by atoms with Crippen LogP contribution in [-0.4, -0.2) is 18.0 Å². The van der Waals surface area contributed by atoms with Gasteiger partial charge in [-0.15, -0.1) is 0 Å². The van der Waals surface area contributed by atoms with E-state index in [9.17, 15) is 4.79 Å². The molecule has 1 amide bonds. The fraction of sp³-hybridized carbons (Fsp3) is 0.167. The zero-order chi connectivity index (χ0) is 20.8. The number of aryl methyl sites for hydroxylation is 3. The maximum absolute atomic E-state index is 12.2. The quantitative estimate of drug-likeness (QED) is 0.444. The van der Waals surface area contributed by atoms with Gasteiger partial charge in [0.05, 0.1) is 17.3 Å². The number of ether oxygens (including phenoxy) is 1. The molecule has 0 aliphatic rings. The highest BCUT2D eigenvalue weighted by Gasteiger charge is 2.10. The Balaban J connectivity index is 0.000000252. The molecule has 0 aliphatic carbocycles. The molecule has 1 heterocycles. The van der Waals surface area contributed by atoms with Gasteiger partial charge in [-0.1, -0.05) is 64.4 Å². The number of thiazole rings is 1. The molecule has 1 N–H and O–H groups in total. The third-order valence-corrected chi connectivity index (χ3v) is 5.28. The minimum atomic E-state index is -0.152. The van der Waals surface area contributed by atoms with Crippen molar-refractivity contribution >= 4 is 32.6 Å². The summed E-state index contributed by atoms with van der Waals surface area (Å²) in [6.07, 6.45) is 0. The van der Waals surface area contributed by atoms with E-state index in [-0.39, 0.29) is 5.91 Å². The summed E-state index contributed by atoms with van der Waals surface area (Å²) in [5, 5.41) is 3.42. The molecule has 5 heteroatoms. The van der Waals surface area contributed by atoms with Crippen LogP contribution in [0.2, 0.25) is 0 Å². The second-order valence-electron chi connectivity index (χ2n) is 6.83. The van der Waals surface area contributed by atoms with Crippen molar-refractivity contribution in [2.45, 2.75) is 20.8 Å². The third-order valence-electron chi connectivity index (χ3n) is 4.35. The number of aromatic nitrogens is 1. The van der Waals surface area contributed by atoms with E-state index >= 15 is 0 Å². The molecule has 4 aromatic rings. The number of nitrogens with one attached hydrogen (secondary N) is 1. The predicted octanol–water partition coefficient (Wildman–Crippen LogP) is 6.17. The SMILES string of the molecule is COc1ccc2nc(NC(=O)c3ccc(C)cc3)sc2c1.Cc1ccc(C)cc1. The Morgan fingerprint density at radius 3 is 1.97 bits per heavy atom. The first-order valence-electron chi connectivity index (χ1n) is 9.30. The van der Waals surface area contributed by atoms with Crippen LogP contribution in [0.25, 0.3) is 10.2 Å². The largest absolute Gasteiger partial charge is 0.497 e. The van der Waals surface area contributed by atoms with Crippen LogP contribution in [0.3, 0.4) is 0 Å². The number of rotatable bonds is 3. The third kappa shape index (κ3) is 5.65. The van der Waals surface area contributed by atoms with Crippen LogP contribution in [0, 0.1) is 20.8 Å². The second-order valence-corrected chi connectivity index (χ2v) is 7.86. The van der Waals surface area contributed by atoms with Gasteiger partial charge in [-0.3, -0.25) is 10.1 Å². The van der Waals surface area contributed by atoms with E-state index in [0.717, 1.165) is 21.5 Å². The van der Waals surface area contributed by atoms with Gasteiger partial charge in [-0.25, -0.2) is 4.98 Å². The highest BCUT2D eigenvalue weighted by atomic mass is 32.1. The maximum Gasteiger partial charge on any atom is 0.257 e. The number of carbonyl (C=O) groups excluding carboxylic acids is 1. The Labute approximate surface area is 175 Å². The van der Waals surface area contributed by atoms with Gasteiger partial charge < -0.3 is 4.74 Å². The Morgan fingerprint density at radius 2 is 1.41 bits per heavy atom. The van der Waals surface area contributed by atoms with Crippen LogP contribution in [0.15, 0.2) is 66.7 Å². The summed E-state index contributed by atoms with van der Waals surface area (Å²) in [6, 6.07) is 21.6. The van der Waals surface area contributed by atoms with E-state index in [1.54, 1.807) is 19.2 Å². The number of nitrogens with zero attached hydrogens (tertiary/aromatic N) is 1. The lowest BCUT2D eigenvalue weighted by atomic mass is 10.1. The molecule has 4 rings (SSSR count). The zero-order valence-electron chi connectivity index (χ0n) is 17.0. The van der Waals surface area contributed by atoms with E-state index in [0.29, 0.717) is 10.7 Å². The molecule has 148 valence electrons. The van der Waals surface area contributed by atoms with Crippen LogP contribution >= 0.6 is 11.3 Å². The molecule has 0 saturated carbocycles. The lowest BCUT2D eigenvalue weighted by molar-refractivity contribution is 0.102. The van der Waals surface area contributed by atoms with Crippen molar-refractivity contribution in [1.29, 1.82) is 0 Å². The standard InChI is InChI=1S/C16H14N2O2S.C8H10/c1-10-3-5-11(6-4-10)15(19)18-16-17-13-8-7-12(20-2)9-14(13)21-16;1-7-3-5-8(2)6-4-7/h3-9H,1-2H3,(H,17,18,19);3-6H,1-2H3. The van der Waals surface area contributed by atoms with Crippen molar-refractivity contribution in [3.63, 3.8) is 0 Å². The number of benzene rings is 3. The van der Waals surface area contributed by atoms with Crippen LogP contribution in [0.5, 0.6) is 5.75 Å². The molecule has 1 aromatic heterocycles. The first-order chi connectivity index (χ1) is 13.9. The van der Waals surface area contributed by atoms with Gasteiger partial charge >= 0.3 is 0 Å². The Bertz CT molecular complexity index is 1080. The lowest BCUT2D eigenvalue weighted by Gasteiger charge is -2.01. The average molecular weight is 405 g/mol. The molecule has 0 saturated heterocycles. The predicted molar refractivity (Wildman–Crippen MR) is 121 cm³/mol. The van der Waals surface area contributed by atoms with Crippen LogP contribution in [0.1, 0.15) is 27.0 Å². The summed E-state index contributed by atoms with van der Waals surface area (Å²) in [4.78, 5) is 16.6. The smallest absolute Gasteiger partial charge is 0.257 e. The summed E-state index contributed by atoms with van der Waals surface area (Å²) < 4.78 is 6.16. The Morgan fingerprint density at radius 1 is 0.862 bits per heavy atom. The Hall–Kier alpha value is -3.18. The number of hydrogen-bond donors (Lipinski definition) is 1. The molecule has 0 spiro atoms. The van der Waals surface area contributed by atoms with Gasteiger partial charge in [0.1, 0.15) is 5.75 Å². The van der Waals surface area contributed by atoms with Gasteiger partial charge in [-0.05, 0) is 51.1 Å². The van der Waals surface area contributed by atoms with Crippen molar-refractivity contribution < 1.29 is 9.53 Å². The summed E-state index contributed by atoms with van der Waals surface area (Å²) in [5.41, 5.74) is 5.25. The first kappa shape index (κ1) is 20.6. The van der Waals surface area contributed by atoms with Crippen molar-refractivity contribution in [2.24, 2.45) is 0 Å². The maximum atomic E-state index is 12.2. The van der Waals surface area contributed by atoms with Crippen molar-refractivity contribution in [2.75, 3.05) is 12.4 Å². The van der Waals surface area contributed by atoms with Crippen molar-refractivity contribution in [3.05, 3.63) is 89.0 Å². The fourth-order valence-electron chi connectivity index (χ4n) is 2.60. The fourth-order valence-corrected chi connectivity index (χ4v) is 3.49. The van der Waals surface area contributed by atoms with Crippen molar-refractivity contribution in [3.8, 4) is 5.75 Å². The van der Waals surface area contributed by atoms with E-state index in [4.69, 9.17) is 4.74 Å². The molecular weight excluding hydrogens is 380 g/mol. The number of fused-ring (bicyclic) bond motifs is 1. The number of methoxy groups -OCH3 is 1. The van der Waals surface area contributed by atoms with Crippen LogP contribution in [0.4, 0.5) is 5.13 Å². The molecule has 0 aliphatic heterocycles. The van der Waals surface area contributed by atoms with Gasteiger partial charge in [-0.2, -0.15) is 0 Å². The molecule has 0 atom stereocenters. The summed E-state index contributed by atoms with van der Waals surface area (Å²) in [7, 11) is 1.63. The van der Waals surface area contributed by atoms with Gasteiger partial charge in [0.25, 0.3) is 5.91 Å². The number of carbonyl (C=O) groups is 1. The summed E-state index contributed by atoms with van der Waals surface area (Å²) in [6.45, 7) is 6.18. The number of anilines is 1. The minimum absolute atomic E-state index is 0.152. The minimum Gasteiger partial charge on any atom is -0.497 e. The highest BCUT2D eigenvalue weighted by molar-refractivity contribution is 7.22. The summed E-state index contributed by atoms with van der Waals surface area (Å²) >= 11 is 1.43. The topological polar surface area (TPSA) is 51.2 Å². The zero-order valence-corrected chi connectivity index (χ0v) is 17.8. The molecule has 0 fully saturated rings. The molecule has 4 nitrogen and oxygen atoms in total. The number of hydrogen-bond acceptors (Lipinski definition) is 4. The monoisotopic (exact) mass is 404 g/mol. The first-order valence-corrected chi connectivity index (χ1v) is 10.1. The van der Waals surface area contributed by atoms with E-state index < -0.39 is 0 Å². The molecule has 0 radical (unpaired) electrons. The average Bonchev–Trinajstić information content (AvgIpc) is 3.12. The van der Waals surface area contributed by atoms with E-state index in [1.807, 2.05) is 37.3 Å². The normalized spacial score (nSPS) is 10.2. The molecule has 3 aromatic carbocycles. The second kappa shape index (κ2) is 9.34. The van der Waals surface area contributed by atoms with Crippen LogP contribution in [-0.2, 0) is 0 Å². The lowest BCUT2D eigenvalue weighted by Crippen LogP contribution is -2.11. The van der Waals surface area contributed by atoms with Gasteiger partial charge in [0, 0.05) is 5.56 Å².